The summed E-state index contributed by atoms with van der Waals surface area (Å²) in [5.74, 6) is 5.91. The van der Waals surface area contributed by atoms with Crippen molar-refractivity contribution >= 4 is 144 Å². The summed E-state index contributed by atoms with van der Waals surface area (Å²) < 4.78 is 71.6. The first kappa shape index (κ1) is 84.1. The molecule has 0 atom stereocenters. The van der Waals surface area contributed by atoms with Gasteiger partial charge in [-0.15, -0.1) is 56.4 Å². The summed E-state index contributed by atoms with van der Waals surface area (Å²) in [5.41, 5.74) is 15.6. The van der Waals surface area contributed by atoms with E-state index >= 15 is 0 Å². The van der Waals surface area contributed by atoms with Crippen LogP contribution in [0.5, 0.6) is 46.0 Å². The smallest absolute Gasteiger partial charge is 0.507 e. The van der Waals surface area contributed by atoms with Crippen molar-refractivity contribution in [3.05, 3.63) is 253 Å². The minimum absolute atomic E-state index is 0.361. The Labute approximate surface area is 635 Å². The van der Waals surface area contributed by atoms with E-state index in [1.54, 1.807) is 85.3 Å². The number of hydrogen-bond donors (Lipinski definition) is 1. The van der Waals surface area contributed by atoms with Gasteiger partial charge in [-0.2, -0.15) is 0 Å². The number of alkyl halides is 2. The molecule has 0 bridgehead atoms. The van der Waals surface area contributed by atoms with Crippen LogP contribution >= 0.6 is 56.4 Å². The van der Waals surface area contributed by atoms with Gasteiger partial charge < -0.3 is 64.8 Å². The number of phenolic OH excluding ortho intramolecular Hbond substituents is 1. The molecule has 14 nitrogen and oxygen atoms in total. The molecule has 0 saturated heterocycles. The Morgan fingerprint density at radius 1 is 0.301 bits per heavy atom. The van der Waals surface area contributed by atoms with Gasteiger partial charge in [0.2, 0.25) is 11.5 Å². The second-order valence-corrected chi connectivity index (χ2v) is 37.8. The summed E-state index contributed by atoms with van der Waals surface area (Å²) in [5, 5.41) is 12.5. The maximum Gasteiger partial charge on any atom is 0.536 e. The van der Waals surface area contributed by atoms with Crippen molar-refractivity contribution in [2.45, 2.75) is 46.1 Å². The summed E-state index contributed by atoms with van der Waals surface area (Å²) in [7, 11) is 13.7. The first-order valence-electron chi connectivity index (χ1n) is 32.3. The van der Waals surface area contributed by atoms with Gasteiger partial charge >= 0.3 is 23.6 Å². The summed E-state index contributed by atoms with van der Waals surface area (Å²) >= 11 is 28.7. The van der Waals surface area contributed by atoms with Gasteiger partial charge in [-0.25, -0.2) is 0 Å². The molecule has 9 aromatic rings. The van der Waals surface area contributed by atoms with E-state index in [1.165, 1.54) is 0 Å². The Balaban J connectivity index is 0.000000245. The van der Waals surface area contributed by atoms with E-state index < -0.39 is 23.6 Å². The van der Waals surface area contributed by atoms with Gasteiger partial charge in [0, 0.05) is 64.8 Å². The van der Waals surface area contributed by atoms with E-state index in [-0.39, 0.29) is 0 Å². The van der Waals surface area contributed by atoms with E-state index in [4.69, 9.17) is 116 Å². The van der Waals surface area contributed by atoms with Gasteiger partial charge in [-0.3, -0.25) is 0 Å². The summed E-state index contributed by atoms with van der Waals surface area (Å²) in [6.45, 7) is 8.43. The highest BCUT2D eigenvalue weighted by Gasteiger charge is 2.41. The number of aromatic hydroxyl groups is 1. The molecule has 0 unspecified atom stereocenters. The molecule has 0 aliphatic heterocycles. The zero-order valence-corrected chi connectivity index (χ0v) is 67.8. The Bertz CT molecular complexity index is 4140. The van der Waals surface area contributed by atoms with E-state index in [9.17, 15) is 5.11 Å². The molecule has 0 fully saturated rings. The molecule has 546 valence electrons. The lowest BCUT2D eigenvalue weighted by Gasteiger charge is -2.24. The normalized spacial score (nSPS) is 11.6. The SMILES string of the molecule is CO[Si](OC)(OC)c1ccc(CCl)cc1.COc1cc(/C=C/c2ccc(/C=C/c3cc(C)c(O)c(C)c3)cc2)cc(OC)c1OC.COc1cc(/C=C/c2ccc(/C=C/c3cc(C)c(OCc4ccc([Si](OC)(OC)OC)cc4)c(C)c3)cc2)cc(OC)c1OC.ClCc1ccc([Si](Cl)(Cl)Cl)cc1. The minimum atomic E-state index is -2.85. The van der Waals surface area contributed by atoms with Gasteiger partial charge in [-0.1, -0.05) is 170 Å². The molecule has 0 saturated carbocycles. The average molecular weight is 1550 g/mol. The van der Waals surface area contributed by atoms with E-state index in [0.29, 0.717) is 58.6 Å². The molecule has 0 aliphatic rings. The minimum Gasteiger partial charge on any atom is -0.507 e. The van der Waals surface area contributed by atoms with E-state index in [1.807, 2.05) is 141 Å². The Hall–Kier alpha value is -7.80. The van der Waals surface area contributed by atoms with Gasteiger partial charge in [0.15, 0.2) is 23.0 Å². The summed E-state index contributed by atoms with van der Waals surface area (Å²) in [6.07, 6.45) is 16.5. The number of benzene rings is 9. The molecule has 0 aromatic heterocycles. The molecule has 0 heterocycles. The molecular weight excluding hydrogens is 1460 g/mol. The lowest BCUT2D eigenvalue weighted by atomic mass is 10.0. The second-order valence-electron chi connectivity index (χ2n) is 23.1. The standard InChI is InChI=1S/C37H42O7Si.C27H28O4.C10H15ClO3Si.C7H6Cl4Si/c1-26-21-31(22-27(2)36(26)44-25-30-17-19-33(20-18-30)45(41-6,42-7)43-8)15-13-28-9-11-29(12-10-28)14-16-32-23-34(38-3)37(40-5)35(24-32)39-4;1-18-14-22(15-19(2)26(18)28)12-10-20-6-8-21(9-7-20)11-13-23-16-24(29-3)27(31-5)25(17-23)30-4;1-12-15(13-2,14-3)10-6-4-9(8-11)5-7-10;8-5-6-1-3-7(4-2-6)12(9,10)11/h9-24H,25H2,1-8H3;6-17,28H,1-5H3;4-7H,8H2,1-3H3;1-4H,5H2/b15-13+,16-14+;12-10+,13-11+;;. The Kier molecular flexibility index (Phi) is 34.0. The predicted molar refractivity (Wildman–Crippen MR) is 433 cm³/mol. The van der Waals surface area contributed by atoms with Crippen molar-refractivity contribution in [1.29, 1.82) is 0 Å². The van der Waals surface area contributed by atoms with Gasteiger partial charge in [0.25, 0.3) is 0 Å². The second kappa shape index (κ2) is 41.6. The first-order chi connectivity index (χ1) is 49.5. The van der Waals surface area contributed by atoms with Crippen molar-refractivity contribution in [2.24, 2.45) is 0 Å². The average Bonchev–Trinajstić information content (AvgIpc) is 0.850. The van der Waals surface area contributed by atoms with Gasteiger partial charge in [-0.05, 0) is 165 Å². The molecule has 103 heavy (non-hydrogen) atoms. The van der Waals surface area contributed by atoms with E-state index in [0.717, 1.165) is 105 Å². The maximum atomic E-state index is 9.91. The van der Waals surface area contributed by atoms with Crippen LogP contribution in [-0.2, 0) is 44.9 Å². The fourth-order valence-corrected chi connectivity index (χ4v) is 16.3. The third-order valence-corrected chi connectivity index (χ3v) is 25.2. The van der Waals surface area contributed by atoms with Crippen LogP contribution in [0.15, 0.2) is 170 Å². The van der Waals surface area contributed by atoms with Gasteiger partial charge in [0.05, 0.1) is 42.7 Å². The molecule has 0 amide bonds. The molecule has 0 aliphatic carbocycles. The third kappa shape index (κ3) is 23.9. The number of aryl methyl sites for hydroxylation is 4. The van der Waals surface area contributed by atoms with Crippen molar-refractivity contribution in [3.63, 3.8) is 0 Å². The topological polar surface area (TPSA) is 140 Å². The lowest BCUT2D eigenvalue weighted by molar-refractivity contribution is 0.140. The lowest BCUT2D eigenvalue weighted by Crippen LogP contribution is -2.54. The number of rotatable bonds is 28. The highest BCUT2D eigenvalue weighted by Crippen LogP contribution is 2.40. The molecule has 0 spiro atoms. The van der Waals surface area contributed by atoms with Crippen LogP contribution < -0.4 is 48.7 Å². The molecular formula is C81H91Cl5O14Si3. The number of hydrogen-bond acceptors (Lipinski definition) is 14. The van der Waals surface area contributed by atoms with Crippen molar-refractivity contribution in [3.8, 4) is 46.0 Å². The molecule has 22 heteroatoms. The highest BCUT2D eigenvalue weighted by molar-refractivity contribution is 7.69. The van der Waals surface area contributed by atoms with Crippen LogP contribution in [0.25, 0.3) is 48.6 Å². The zero-order chi connectivity index (χ0) is 75.3. The van der Waals surface area contributed by atoms with Crippen molar-refractivity contribution in [2.75, 3.05) is 85.3 Å². The fourth-order valence-electron chi connectivity index (χ4n) is 10.7. The van der Waals surface area contributed by atoms with Crippen LogP contribution in [0, 0.1) is 27.7 Å². The zero-order valence-electron chi connectivity index (χ0n) is 61.1. The number of ether oxygens (including phenoxy) is 7. The molecule has 1 N–H and O–H groups in total. The maximum absolute atomic E-state index is 9.91. The number of phenols is 1. The number of methoxy groups -OCH3 is 6. The van der Waals surface area contributed by atoms with Crippen LogP contribution in [0.4, 0.5) is 0 Å². The van der Waals surface area contributed by atoms with Crippen LogP contribution in [-0.4, -0.2) is 114 Å². The highest BCUT2D eigenvalue weighted by atomic mass is 35.8. The monoisotopic (exact) mass is 1550 g/mol. The molecule has 9 rings (SSSR count). The third-order valence-electron chi connectivity index (χ3n) is 16.3. The van der Waals surface area contributed by atoms with Crippen LogP contribution in [0.2, 0.25) is 0 Å². The summed E-state index contributed by atoms with van der Waals surface area (Å²) in [4.78, 5) is 0. The van der Waals surface area contributed by atoms with Crippen LogP contribution in [0.3, 0.4) is 0 Å². The largest absolute Gasteiger partial charge is 0.536 e. The van der Waals surface area contributed by atoms with Crippen molar-refractivity contribution < 1.29 is 64.8 Å². The predicted octanol–water partition coefficient (Wildman–Crippen LogP) is 18.5. The Morgan fingerprint density at radius 2 is 0.553 bits per heavy atom. The van der Waals surface area contributed by atoms with Gasteiger partial charge in [0.1, 0.15) is 18.1 Å². The molecule has 0 radical (unpaired) electrons. The number of halogens is 5. The first-order valence-corrected chi connectivity index (χ1v) is 41.9. The van der Waals surface area contributed by atoms with Crippen molar-refractivity contribution in [1.82, 2.24) is 0 Å². The van der Waals surface area contributed by atoms with Crippen LogP contribution in [0.1, 0.15) is 83.5 Å². The molecule has 9 aromatic carbocycles. The summed E-state index contributed by atoms with van der Waals surface area (Å²) in [6, 6.07) is 53.0. The Morgan fingerprint density at radius 3 is 0.806 bits per heavy atom. The van der Waals surface area contributed by atoms with E-state index in [2.05, 4.69) is 105 Å². The fraction of sp³-hybridized carbons (Fsp3) is 0.235. The quantitative estimate of drug-likeness (QED) is 0.0215.